The second-order valence-corrected chi connectivity index (χ2v) is 5.28. The molecule has 0 amide bonds. The second-order valence-electron chi connectivity index (χ2n) is 3.39. The maximum atomic E-state index is 12.4. The maximum absolute atomic E-state index is 12.4. The largest absolute Gasteiger partial charge is 0.495 e. The van der Waals surface area contributed by atoms with E-state index in [0.717, 1.165) is 5.56 Å². The zero-order valence-corrected chi connectivity index (χ0v) is 9.94. The molecule has 0 radical (unpaired) electrons. The van der Waals surface area contributed by atoms with Crippen molar-refractivity contribution in [1.29, 1.82) is 0 Å². The van der Waals surface area contributed by atoms with Gasteiger partial charge in [0.1, 0.15) is 10.6 Å². The summed E-state index contributed by atoms with van der Waals surface area (Å²) < 4.78 is 52.3. The van der Waals surface area contributed by atoms with E-state index >= 15 is 0 Å². The van der Waals surface area contributed by atoms with Gasteiger partial charge in [-0.1, -0.05) is 0 Å². The van der Waals surface area contributed by atoms with Crippen molar-refractivity contribution in [3.05, 3.63) is 23.3 Å². The summed E-state index contributed by atoms with van der Waals surface area (Å²) >= 11 is 0. The molecule has 3 nitrogen and oxygen atoms in total. The molecule has 0 fully saturated rings. The predicted octanol–water partition coefficient (Wildman–Crippen LogP) is 2.31. The van der Waals surface area contributed by atoms with Crippen LogP contribution in [0.3, 0.4) is 0 Å². The van der Waals surface area contributed by atoms with Crippen LogP contribution in [0.5, 0.6) is 5.75 Å². The number of halogens is 2. The Kier molecular flexibility index (Phi) is 3.52. The number of rotatable bonds is 3. The number of benzene rings is 1. The van der Waals surface area contributed by atoms with Crippen LogP contribution in [0, 0.1) is 13.8 Å². The first-order chi connectivity index (χ1) is 7.30. The highest BCUT2D eigenvalue weighted by molar-refractivity contribution is 7.91. The van der Waals surface area contributed by atoms with Crippen molar-refractivity contribution >= 4 is 9.84 Å². The predicted molar refractivity (Wildman–Crippen MR) is 55.7 cm³/mol. The van der Waals surface area contributed by atoms with E-state index in [0.29, 0.717) is 5.56 Å². The van der Waals surface area contributed by atoms with E-state index in [-0.39, 0.29) is 5.75 Å². The third-order valence-electron chi connectivity index (χ3n) is 2.32. The van der Waals surface area contributed by atoms with E-state index in [4.69, 9.17) is 4.74 Å². The van der Waals surface area contributed by atoms with E-state index in [1.807, 2.05) is 0 Å². The maximum Gasteiger partial charge on any atom is 0.341 e. The lowest BCUT2D eigenvalue weighted by Gasteiger charge is -2.11. The Morgan fingerprint density at radius 2 is 1.69 bits per heavy atom. The van der Waals surface area contributed by atoms with Crippen LogP contribution in [0.15, 0.2) is 17.0 Å². The lowest BCUT2D eigenvalue weighted by atomic mass is 10.1. The fraction of sp³-hybridized carbons (Fsp3) is 0.400. The van der Waals surface area contributed by atoms with Gasteiger partial charge in [0.2, 0.25) is 9.84 Å². The van der Waals surface area contributed by atoms with Crippen molar-refractivity contribution in [2.24, 2.45) is 0 Å². The number of methoxy groups -OCH3 is 1. The molecule has 1 aromatic carbocycles. The molecule has 0 aliphatic heterocycles. The lowest BCUT2D eigenvalue weighted by Crippen LogP contribution is -2.13. The van der Waals surface area contributed by atoms with Crippen LogP contribution < -0.4 is 4.74 Å². The van der Waals surface area contributed by atoms with E-state index in [1.54, 1.807) is 13.8 Å². The molecule has 16 heavy (non-hydrogen) atoms. The molecule has 1 aromatic rings. The van der Waals surface area contributed by atoms with E-state index < -0.39 is 20.5 Å². The second kappa shape index (κ2) is 4.37. The molecule has 0 saturated carbocycles. The standard InChI is InChI=1S/C10H12F2O3S/c1-6-4-8(15-3)9(5-7(6)2)16(13,14)10(11)12/h4-5,10H,1-3H3. The molecule has 0 spiro atoms. The summed E-state index contributed by atoms with van der Waals surface area (Å²) in [5.41, 5.74) is 1.41. The first-order valence-corrected chi connectivity index (χ1v) is 6.02. The van der Waals surface area contributed by atoms with Crippen molar-refractivity contribution < 1.29 is 21.9 Å². The molecule has 0 heterocycles. The van der Waals surface area contributed by atoms with Crippen LogP contribution in [0.1, 0.15) is 11.1 Å². The first kappa shape index (κ1) is 12.9. The van der Waals surface area contributed by atoms with Gasteiger partial charge in [0.15, 0.2) is 0 Å². The van der Waals surface area contributed by atoms with Crippen molar-refractivity contribution in [1.82, 2.24) is 0 Å². The zero-order chi connectivity index (χ0) is 12.5. The molecular formula is C10H12F2O3S. The number of alkyl halides is 2. The highest BCUT2D eigenvalue weighted by Crippen LogP contribution is 2.30. The summed E-state index contributed by atoms with van der Waals surface area (Å²) in [6, 6.07) is 2.64. The quantitative estimate of drug-likeness (QED) is 0.826. The summed E-state index contributed by atoms with van der Waals surface area (Å²) in [7, 11) is -3.37. The Morgan fingerprint density at radius 1 is 1.19 bits per heavy atom. The van der Waals surface area contributed by atoms with E-state index in [2.05, 4.69) is 0 Å². The summed E-state index contributed by atoms with van der Waals surface area (Å²) in [6.07, 6.45) is 0. The van der Waals surface area contributed by atoms with Gasteiger partial charge in [-0.15, -0.1) is 0 Å². The lowest BCUT2D eigenvalue weighted by molar-refractivity contribution is 0.234. The minimum absolute atomic E-state index is 0.0524. The van der Waals surface area contributed by atoms with Gasteiger partial charge in [0, 0.05) is 0 Å². The summed E-state index contributed by atoms with van der Waals surface area (Å²) in [6.45, 7) is 3.40. The molecule has 0 unspecified atom stereocenters. The molecule has 0 N–H and O–H groups in total. The molecule has 0 aliphatic rings. The number of aryl methyl sites for hydroxylation is 2. The smallest absolute Gasteiger partial charge is 0.341 e. The summed E-state index contributed by atoms with van der Waals surface area (Å²) in [5, 5.41) is 0. The fourth-order valence-electron chi connectivity index (χ4n) is 1.24. The number of hydrogen-bond donors (Lipinski definition) is 0. The van der Waals surface area contributed by atoms with Crippen LogP contribution in [-0.2, 0) is 9.84 Å². The van der Waals surface area contributed by atoms with Gasteiger partial charge < -0.3 is 4.74 Å². The topological polar surface area (TPSA) is 43.4 Å². The van der Waals surface area contributed by atoms with Gasteiger partial charge in [-0.3, -0.25) is 0 Å². The van der Waals surface area contributed by atoms with Gasteiger partial charge in [-0.25, -0.2) is 8.42 Å². The molecule has 6 heteroatoms. The minimum atomic E-state index is -4.62. The van der Waals surface area contributed by atoms with Crippen LogP contribution in [-0.4, -0.2) is 21.3 Å². The third-order valence-corrected chi connectivity index (χ3v) is 3.72. The Hall–Kier alpha value is -1.17. The van der Waals surface area contributed by atoms with Gasteiger partial charge in [-0.2, -0.15) is 8.78 Å². The molecule has 0 atom stereocenters. The minimum Gasteiger partial charge on any atom is -0.495 e. The zero-order valence-electron chi connectivity index (χ0n) is 9.12. The number of sulfone groups is 1. The normalized spacial score (nSPS) is 11.9. The highest BCUT2D eigenvalue weighted by atomic mass is 32.2. The molecule has 0 bridgehead atoms. The molecule has 90 valence electrons. The summed E-state index contributed by atoms with van der Waals surface area (Å²) in [4.78, 5) is -0.465. The van der Waals surface area contributed by atoms with Crippen molar-refractivity contribution in [3.8, 4) is 5.75 Å². The van der Waals surface area contributed by atoms with Crippen LogP contribution in [0.2, 0.25) is 0 Å². The van der Waals surface area contributed by atoms with Gasteiger partial charge in [0.25, 0.3) is 0 Å². The first-order valence-electron chi connectivity index (χ1n) is 4.48. The number of ether oxygens (including phenoxy) is 1. The third kappa shape index (κ3) is 2.16. The highest BCUT2D eigenvalue weighted by Gasteiger charge is 2.30. The van der Waals surface area contributed by atoms with E-state index in [1.165, 1.54) is 19.2 Å². The number of hydrogen-bond acceptors (Lipinski definition) is 3. The van der Waals surface area contributed by atoms with Crippen LogP contribution in [0.25, 0.3) is 0 Å². The van der Waals surface area contributed by atoms with Crippen molar-refractivity contribution in [3.63, 3.8) is 0 Å². The molecule has 0 aliphatic carbocycles. The van der Waals surface area contributed by atoms with Gasteiger partial charge in [0.05, 0.1) is 7.11 Å². The summed E-state index contributed by atoms with van der Waals surface area (Å²) in [5.74, 6) is -3.49. The molecule has 0 saturated heterocycles. The Morgan fingerprint density at radius 3 is 2.12 bits per heavy atom. The van der Waals surface area contributed by atoms with E-state index in [9.17, 15) is 17.2 Å². The Bertz CT molecular complexity index is 495. The molecule has 1 rings (SSSR count). The molecule has 0 aromatic heterocycles. The average molecular weight is 250 g/mol. The van der Waals surface area contributed by atoms with Crippen molar-refractivity contribution in [2.75, 3.05) is 7.11 Å². The Labute approximate surface area is 93.0 Å². The van der Waals surface area contributed by atoms with Gasteiger partial charge >= 0.3 is 5.76 Å². The fourth-order valence-corrected chi connectivity index (χ4v) is 2.20. The van der Waals surface area contributed by atoms with Crippen LogP contribution >= 0.6 is 0 Å². The van der Waals surface area contributed by atoms with Crippen molar-refractivity contribution in [2.45, 2.75) is 24.5 Å². The molecular weight excluding hydrogens is 238 g/mol. The average Bonchev–Trinajstić information content (AvgIpc) is 2.20. The Balaban J connectivity index is 3.50. The van der Waals surface area contributed by atoms with Gasteiger partial charge in [-0.05, 0) is 37.1 Å². The van der Waals surface area contributed by atoms with Crippen LogP contribution in [0.4, 0.5) is 8.78 Å². The SMILES string of the molecule is COc1cc(C)c(C)cc1S(=O)(=O)C(F)F. The monoisotopic (exact) mass is 250 g/mol.